The fourth-order valence-corrected chi connectivity index (χ4v) is 6.13. The Morgan fingerprint density at radius 2 is 2.00 bits per heavy atom. The first kappa shape index (κ1) is 24.9. The number of anilines is 1. The van der Waals surface area contributed by atoms with E-state index in [1.54, 1.807) is 14.2 Å². The molecule has 5 rings (SSSR count). The molecule has 188 valence electrons. The third-order valence-electron chi connectivity index (χ3n) is 6.41. The van der Waals surface area contributed by atoms with E-state index in [4.69, 9.17) is 14.7 Å². The fourth-order valence-electron chi connectivity index (χ4n) is 4.85. The zero-order valence-corrected chi connectivity index (χ0v) is 22.9. The van der Waals surface area contributed by atoms with E-state index in [1.807, 2.05) is 35.0 Å². The number of carbonyl (C=O) groups is 1. The highest BCUT2D eigenvalue weighted by Gasteiger charge is 2.31. The zero-order valence-electron chi connectivity index (χ0n) is 19.9. The van der Waals surface area contributed by atoms with Crippen molar-refractivity contribution in [2.75, 3.05) is 18.6 Å². The minimum Gasteiger partial charge on any atom is -0.481 e. The maximum atomic E-state index is 13.4. The van der Waals surface area contributed by atoms with Gasteiger partial charge in [-0.2, -0.15) is 19.3 Å². The van der Waals surface area contributed by atoms with Crippen molar-refractivity contribution >= 4 is 53.3 Å². The number of aryl methyl sites for hydroxylation is 3. The number of aromatic nitrogens is 6. The monoisotopic (exact) mass is 625 g/mol. The van der Waals surface area contributed by atoms with Crippen molar-refractivity contribution in [2.45, 2.75) is 33.2 Å². The van der Waals surface area contributed by atoms with E-state index in [0.29, 0.717) is 43.3 Å². The molecule has 13 heteroatoms. The Hall–Kier alpha value is -2.81. The first-order valence-electron chi connectivity index (χ1n) is 11.1. The van der Waals surface area contributed by atoms with Gasteiger partial charge in [0.1, 0.15) is 11.5 Å². The normalized spacial score (nSPS) is 13.5. The van der Waals surface area contributed by atoms with Gasteiger partial charge in [0.25, 0.3) is 6.43 Å². The average molecular weight is 625 g/mol. The second kappa shape index (κ2) is 9.57. The summed E-state index contributed by atoms with van der Waals surface area (Å²) in [6.45, 7) is 4.76. The third kappa shape index (κ3) is 3.92. The Morgan fingerprint density at radius 1 is 1.22 bits per heavy atom. The number of methoxy groups -OCH3 is 1. The lowest BCUT2D eigenvalue weighted by Gasteiger charge is -2.31. The molecule has 1 aromatic carbocycles. The van der Waals surface area contributed by atoms with Gasteiger partial charge in [-0.15, -0.1) is 0 Å². The summed E-state index contributed by atoms with van der Waals surface area (Å²) in [4.78, 5) is 23.2. The van der Waals surface area contributed by atoms with Crippen LogP contribution in [0.25, 0.3) is 22.3 Å². The van der Waals surface area contributed by atoms with Crippen molar-refractivity contribution in [3.05, 3.63) is 45.9 Å². The molecule has 0 spiro atoms. The first-order chi connectivity index (χ1) is 17.3. The van der Waals surface area contributed by atoms with Crippen LogP contribution in [0.2, 0.25) is 0 Å². The second-order valence-corrected chi connectivity index (χ2v) is 10.2. The smallest absolute Gasteiger partial charge is 0.282 e. The SMILES string of the molecule is COc1nc(-c2c(C)ccc3c2c(C)nn3SI)nc2c1CN(c1c(C=O)c(C(F)F)nn1C)CC2. The maximum Gasteiger partial charge on any atom is 0.282 e. The van der Waals surface area contributed by atoms with Gasteiger partial charge in [0, 0.05) is 61.3 Å². The molecule has 0 unspecified atom stereocenters. The largest absolute Gasteiger partial charge is 0.481 e. The molecule has 36 heavy (non-hydrogen) atoms. The van der Waals surface area contributed by atoms with E-state index < -0.39 is 12.1 Å². The fraction of sp³-hybridized carbons (Fsp3) is 0.348. The van der Waals surface area contributed by atoms with Gasteiger partial charge in [0.15, 0.2) is 12.1 Å². The van der Waals surface area contributed by atoms with Gasteiger partial charge in [-0.3, -0.25) is 9.48 Å². The second-order valence-electron chi connectivity index (χ2n) is 8.50. The van der Waals surface area contributed by atoms with Gasteiger partial charge < -0.3 is 9.64 Å². The van der Waals surface area contributed by atoms with Crippen molar-refractivity contribution in [1.82, 2.24) is 28.9 Å². The van der Waals surface area contributed by atoms with E-state index in [1.165, 1.54) is 13.8 Å². The van der Waals surface area contributed by atoms with Crippen molar-refractivity contribution < 1.29 is 18.3 Å². The Kier molecular flexibility index (Phi) is 6.61. The summed E-state index contributed by atoms with van der Waals surface area (Å²) in [5.41, 5.74) is 4.74. The van der Waals surface area contributed by atoms with Crippen LogP contribution >= 0.6 is 30.3 Å². The summed E-state index contributed by atoms with van der Waals surface area (Å²) in [6, 6.07) is 4.07. The number of carbonyl (C=O) groups excluding carboxylic acids is 1. The van der Waals surface area contributed by atoms with Crippen LogP contribution in [0.3, 0.4) is 0 Å². The Labute approximate surface area is 221 Å². The number of fused-ring (bicyclic) bond motifs is 2. The quantitative estimate of drug-likeness (QED) is 0.218. The molecular weight excluding hydrogens is 603 g/mol. The van der Waals surface area contributed by atoms with E-state index in [2.05, 4.69) is 31.4 Å². The first-order valence-corrected chi connectivity index (χ1v) is 14.4. The van der Waals surface area contributed by atoms with E-state index >= 15 is 0 Å². The number of hydrogen-bond acceptors (Lipinski definition) is 8. The molecular formula is C23H22F2IN7O2S. The number of hydrogen-bond donors (Lipinski definition) is 0. The molecule has 1 aliphatic heterocycles. The lowest BCUT2D eigenvalue weighted by molar-refractivity contribution is 0.110. The van der Waals surface area contributed by atoms with E-state index in [-0.39, 0.29) is 5.56 Å². The molecule has 0 N–H and O–H groups in total. The molecule has 0 amide bonds. The summed E-state index contributed by atoms with van der Waals surface area (Å²) < 4.78 is 35.7. The summed E-state index contributed by atoms with van der Waals surface area (Å²) in [7, 11) is 4.59. The Morgan fingerprint density at radius 3 is 2.67 bits per heavy atom. The van der Waals surface area contributed by atoms with Crippen LogP contribution < -0.4 is 9.64 Å². The molecule has 0 saturated carbocycles. The van der Waals surface area contributed by atoms with Crippen LogP contribution in [0.15, 0.2) is 12.1 Å². The number of rotatable bonds is 6. The van der Waals surface area contributed by atoms with Crippen molar-refractivity contribution in [1.29, 1.82) is 0 Å². The zero-order chi connectivity index (χ0) is 25.7. The van der Waals surface area contributed by atoms with Crippen molar-refractivity contribution in [2.24, 2.45) is 7.05 Å². The summed E-state index contributed by atoms with van der Waals surface area (Å²) in [5.74, 6) is 1.31. The molecule has 4 aromatic rings. The predicted octanol–water partition coefficient (Wildman–Crippen LogP) is 5.01. The summed E-state index contributed by atoms with van der Waals surface area (Å²) >= 11 is 2.20. The van der Waals surface area contributed by atoms with Crippen LogP contribution in [0.1, 0.15) is 45.0 Å². The Balaban J connectivity index is 1.61. The summed E-state index contributed by atoms with van der Waals surface area (Å²) in [6.07, 6.45) is -1.88. The molecule has 4 heterocycles. The highest BCUT2D eigenvalue weighted by molar-refractivity contribution is 14.2. The molecule has 9 nitrogen and oxygen atoms in total. The maximum absolute atomic E-state index is 13.4. The van der Waals surface area contributed by atoms with Gasteiger partial charge >= 0.3 is 0 Å². The lowest BCUT2D eigenvalue weighted by atomic mass is 10.0. The van der Waals surface area contributed by atoms with Gasteiger partial charge in [-0.1, -0.05) is 6.07 Å². The van der Waals surface area contributed by atoms with E-state index in [0.717, 1.165) is 39.0 Å². The minimum atomic E-state index is -2.84. The highest BCUT2D eigenvalue weighted by atomic mass is 127. The number of benzene rings is 1. The molecule has 0 bridgehead atoms. The minimum absolute atomic E-state index is 0.102. The van der Waals surface area contributed by atoms with Gasteiger partial charge in [0.05, 0.1) is 41.7 Å². The number of alkyl halides is 2. The van der Waals surface area contributed by atoms with Gasteiger partial charge in [0.2, 0.25) is 5.88 Å². The highest BCUT2D eigenvalue weighted by Crippen LogP contribution is 2.38. The van der Waals surface area contributed by atoms with Crippen LogP contribution in [0, 0.1) is 13.8 Å². The molecule has 1 aliphatic rings. The van der Waals surface area contributed by atoms with E-state index in [9.17, 15) is 13.6 Å². The van der Waals surface area contributed by atoms with Crippen LogP contribution in [-0.4, -0.2) is 48.9 Å². The molecule has 0 radical (unpaired) electrons. The number of aldehydes is 1. The van der Waals surface area contributed by atoms with Crippen LogP contribution in [0.5, 0.6) is 5.88 Å². The topological polar surface area (TPSA) is 91.0 Å². The standard InChI is InChI=1S/C23H22F2IN7O2S/c1-11-5-6-16-18(12(2)29-33(16)36-26)17(11)21-27-15-7-8-32(9-13(15)22(28-21)35-4)23-14(10-34)19(20(24)25)30-31(23)3/h5-6,10,20H,7-9H2,1-4H3. The predicted molar refractivity (Wildman–Crippen MR) is 142 cm³/mol. The number of nitrogens with zero attached hydrogens (tertiary/aromatic N) is 7. The average Bonchev–Trinajstić information content (AvgIpc) is 3.39. The molecule has 0 atom stereocenters. The van der Waals surface area contributed by atoms with Crippen molar-refractivity contribution in [3.63, 3.8) is 0 Å². The summed E-state index contributed by atoms with van der Waals surface area (Å²) in [5, 5.41) is 9.51. The van der Waals surface area contributed by atoms with Crippen LogP contribution in [0.4, 0.5) is 14.6 Å². The van der Waals surface area contributed by atoms with Crippen molar-refractivity contribution in [3.8, 4) is 17.3 Å². The molecule has 0 saturated heterocycles. The molecule has 0 fully saturated rings. The Bertz CT molecular complexity index is 1490. The van der Waals surface area contributed by atoms with Gasteiger partial charge in [-0.25, -0.2) is 13.8 Å². The number of ether oxygens (including phenoxy) is 1. The molecule has 3 aromatic heterocycles. The van der Waals surface area contributed by atoms with Gasteiger partial charge in [-0.05, 0) is 25.5 Å². The number of halogens is 3. The lowest BCUT2D eigenvalue weighted by Crippen LogP contribution is -2.33. The molecule has 0 aliphatic carbocycles. The third-order valence-corrected chi connectivity index (χ3v) is 7.94. The van der Waals surface area contributed by atoms with Crippen LogP contribution in [-0.2, 0) is 20.0 Å².